The zero-order valence-corrected chi connectivity index (χ0v) is 23.5. The average molecular weight is 581 g/mol. The minimum atomic E-state index is -2.27. The molecule has 0 saturated heterocycles. The third kappa shape index (κ3) is 11.0. The van der Waals surface area contributed by atoms with Crippen molar-refractivity contribution in [3.05, 3.63) is 52.2 Å². The Bertz CT molecular complexity index is 1140. The van der Waals surface area contributed by atoms with Crippen molar-refractivity contribution >= 4 is 35.1 Å². The number of fused-ring (bicyclic) bond motifs is 1. The number of halogens is 1. The first-order valence-electron chi connectivity index (χ1n) is 12.7. The third-order valence-electron chi connectivity index (χ3n) is 5.72. The van der Waals surface area contributed by atoms with Crippen molar-refractivity contribution in [2.45, 2.75) is 52.4 Å². The Hall–Kier alpha value is -3.45. The van der Waals surface area contributed by atoms with Crippen molar-refractivity contribution in [2.24, 2.45) is 5.41 Å². The first-order valence-corrected chi connectivity index (χ1v) is 13.1. The molecule has 7 N–H and O–H groups in total. The Morgan fingerprint density at radius 3 is 2.27 bits per heavy atom. The van der Waals surface area contributed by atoms with E-state index in [1.54, 1.807) is 12.3 Å². The molecule has 0 spiro atoms. The van der Waals surface area contributed by atoms with Crippen LogP contribution in [0.5, 0.6) is 5.88 Å². The van der Waals surface area contributed by atoms with Gasteiger partial charge in [-0.3, -0.25) is 4.79 Å². The largest absolute Gasteiger partial charge is 0.479 e. The smallest absolute Gasteiger partial charge is 0.335 e. The number of carbonyl (C=O) groups excluding carboxylic acids is 1. The standard InChI is InChI=1S/C23H31ClN4O2.C4H6O6/c1-23(2,3)15-28-20(29)14-30-21-7-4-16(12-26-21)13-27-22-18-9-11-25-10-8-17(18)5-6-19(22)24;5-1(3(7)8)2(6)4(9)10/h4-7,12,25,27H,8-11,13-15H2,1-3H3,(H,28,29);1-2,5-6H,(H,7,8)(H,9,10)/t;1-,2-/m.1/s1. The number of nitrogens with one attached hydrogen (secondary N) is 3. The highest BCUT2D eigenvalue weighted by Crippen LogP contribution is 2.31. The van der Waals surface area contributed by atoms with E-state index in [1.165, 1.54) is 11.1 Å². The van der Waals surface area contributed by atoms with Gasteiger partial charge in [0.25, 0.3) is 5.91 Å². The molecule has 12 nitrogen and oxygen atoms in total. The van der Waals surface area contributed by atoms with Crippen molar-refractivity contribution < 1.29 is 39.5 Å². The first-order chi connectivity index (χ1) is 18.8. The van der Waals surface area contributed by atoms with Gasteiger partial charge in [0.15, 0.2) is 18.8 Å². The second kappa shape index (κ2) is 15.4. The van der Waals surface area contributed by atoms with Crippen LogP contribution in [0.3, 0.4) is 0 Å². The van der Waals surface area contributed by atoms with E-state index >= 15 is 0 Å². The van der Waals surface area contributed by atoms with E-state index < -0.39 is 24.1 Å². The summed E-state index contributed by atoms with van der Waals surface area (Å²) >= 11 is 6.47. The van der Waals surface area contributed by atoms with Crippen LogP contribution in [0.25, 0.3) is 0 Å². The van der Waals surface area contributed by atoms with Crippen molar-refractivity contribution in [3.63, 3.8) is 0 Å². The van der Waals surface area contributed by atoms with Gasteiger partial charge < -0.3 is 41.1 Å². The van der Waals surface area contributed by atoms with Crippen LogP contribution in [-0.2, 0) is 33.8 Å². The lowest BCUT2D eigenvalue weighted by atomic mass is 9.97. The minimum absolute atomic E-state index is 0.0408. The number of anilines is 1. The number of aliphatic hydroxyl groups is 2. The molecule has 220 valence electrons. The van der Waals surface area contributed by atoms with Gasteiger partial charge >= 0.3 is 11.9 Å². The Morgan fingerprint density at radius 2 is 1.70 bits per heavy atom. The van der Waals surface area contributed by atoms with Gasteiger partial charge in [-0.25, -0.2) is 14.6 Å². The normalized spacial score (nSPS) is 14.3. The van der Waals surface area contributed by atoms with Gasteiger partial charge in [-0.1, -0.05) is 44.5 Å². The maximum Gasteiger partial charge on any atom is 0.335 e. The topological polar surface area (TPSA) is 190 Å². The number of hydrogen-bond acceptors (Lipinski definition) is 9. The Labute approximate surface area is 237 Å². The van der Waals surface area contributed by atoms with E-state index in [2.05, 4.69) is 47.8 Å². The molecule has 0 aliphatic carbocycles. The van der Waals surface area contributed by atoms with E-state index in [1.807, 2.05) is 12.1 Å². The van der Waals surface area contributed by atoms with Gasteiger partial charge in [0.05, 0.1) is 10.7 Å². The number of hydrogen-bond donors (Lipinski definition) is 7. The van der Waals surface area contributed by atoms with Crippen LogP contribution in [0.2, 0.25) is 5.02 Å². The summed E-state index contributed by atoms with van der Waals surface area (Å²) in [5, 5.41) is 43.0. The number of benzene rings is 1. The maximum atomic E-state index is 11.9. The fourth-order valence-corrected chi connectivity index (χ4v) is 3.79. The zero-order chi connectivity index (χ0) is 29.9. The van der Waals surface area contributed by atoms with Crippen LogP contribution in [-0.4, -0.2) is 81.7 Å². The van der Waals surface area contributed by atoms with Gasteiger partial charge in [-0.2, -0.15) is 0 Å². The number of aliphatic carboxylic acids is 2. The Morgan fingerprint density at radius 1 is 1.05 bits per heavy atom. The van der Waals surface area contributed by atoms with E-state index in [0.717, 1.165) is 42.2 Å². The third-order valence-corrected chi connectivity index (χ3v) is 6.04. The maximum absolute atomic E-state index is 11.9. The molecular weight excluding hydrogens is 544 g/mol. The summed E-state index contributed by atoms with van der Waals surface area (Å²) in [4.78, 5) is 35.7. The average Bonchev–Trinajstić information content (AvgIpc) is 3.15. The number of amides is 1. The molecule has 0 bridgehead atoms. The van der Waals surface area contributed by atoms with Crippen molar-refractivity contribution in [1.29, 1.82) is 0 Å². The van der Waals surface area contributed by atoms with E-state index in [-0.39, 0.29) is 17.9 Å². The number of carbonyl (C=O) groups is 3. The summed E-state index contributed by atoms with van der Waals surface area (Å²) in [5.74, 6) is -3.25. The predicted octanol–water partition coefficient (Wildman–Crippen LogP) is 1.45. The lowest BCUT2D eigenvalue weighted by Gasteiger charge is -2.18. The number of carboxylic acids is 2. The SMILES string of the molecule is CC(C)(C)CNC(=O)COc1ccc(CNc2c(Cl)ccc3c2CCNCC3)cn1.O=C(O)[C@H](O)[C@@H](O)C(=O)O. The van der Waals surface area contributed by atoms with E-state index in [0.29, 0.717) is 19.0 Å². The lowest BCUT2D eigenvalue weighted by Crippen LogP contribution is -2.39. The number of rotatable bonds is 10. The van der Waals surface area contributed by atoms with Crippen molar-refractivity contribution in [2.75, 3.05) is 31.6 Å². The summed E-state index contributed by atoms with van der Waals surface area (Å²) in [6.45, 7) is 9.34. The molecule has 1 aromatic heterocycles. The fourth-order valence-electron chi connectivity index (χ4n) is 3.55. The molecule has 1 amide bonds. The van der Waals surface area contributed by atoms with Crippen LogP contribution in [0.1, 0.15) is 37.5 Å². The molecule has 0 radical (unpaired) electrons. The second-order valence-electron chi connectivity index (χ2n) is 10.4. The monoisotopic (exact) mass is 580 g/mol. The van der Waals surface area contributed by atoms with Crippen molar-refractivity contribution in [1.82, 2.24) is 15.6 Å². The summed E-state index contributed by atoms with van der Waals surface area (Å²) in [7, 11) is 0. The molecule has 40 heavy (non-hydrogen) atoms. The zero-order valence-electron chi connectivity index (χ0n) is 22.7. The van der Waals surface area contributed by atoms with Gasteiger partial charge in [0, 0.05) is 25.4 Å². The molecule has 2 heterocycles. The highest BCUT2D eigenvalue weighted by Gasteiger charge is 2.29. The minimum Gasteiger partial charge on any atom is -0.479 e. The summed E-state index contributed by atoms with van der Waals surface area (Å²) in [6.07, 6.45) is -0.805. The number of pyridine rings is 1. The Balaban J connectivity index is 0.000000478. The molecule has 1 aliphatic rings. The molecule has 0 unspecified atom stereocenters. The quantitative estimate of drug-likeness (QED) is 0.215. The number of carboxylic acid groups (broad SMARTS) is 2. The number of ether oxygens (including phenoxy) is 1. The second-order valence-corrected chi connectivity index (χ2v) is 10.8. The number of nitrogens with zero attached hydrogens (tertiary/aromatic N) is 1. The molecule has 3 rings (SSSR count). The highest BCUT2D eigenvalue weighted by atomic mass is 35.5. The lowest BCUT2D eigenvalue weighted by molar-refractivity contribution is -0.165. The molecular formula is C27H37ClN4O8. The van der Waals surface area contributed by atoms with E-state index in [4.69, 9.17) is 36.8 Å². The molecule has 2 atom stereocenters. The molecule has 1 aromatic carbocycles. The van der Waals surface area contributed by atoms with Crippen LogP contribution in [0.15, 0.2) is 30.5 Å². The molecule has 1 aliphatic heterocycles. The van der Waals surface area contributed by atoms with E-state index in [9.17, 15) is 14.4 Å². The molecule has 13 heteroatoms. The summed E-state index contributed by atoms with van der Waals surface area (Å²) in [6, 6.07) is 7.82. The number of aliphatic hydroxyl groups excluding tert-OH is 2. The van der Waals surface area contributed by atoms with Crippen LogP contribution in [0.4, 0.5) is 5.69 Å². The molecule has 2 aromatic rings. The van der Waals surface area contributed by atoms with Gasteiger partial charge in [0.1, 0.15) is 0 Å². The van der Waals surface area contributed by atoms with Crippen LogP contribution >= 0.6 is 11.6 Å². The molecule has 0 fully saturated rings. The fraction of sp³-hybridized carbons (Fsp3) is 0.481. The van der Waals surface area contributed by atoms with Crippen LogP contribution in [0, 0.1) is 5.41 Å². The summed E-state index contributed by atoms with van der Waals surface area (Å²) < 4.78 is 5.49. The predicted molar refractivity (Wildman–Crippen MR) is 149 cm³/mol. The van der Waals surface area contributed by atoms with Gasteiger partial charge in [-0.05, 0) is 54.1 Å². The highest BCUT2D eigenvalue weighted by molar-refractivity contribution is 6.33. The van der Waals surface area contributed by atoms with Crippen molar-refractivity contribution in [3.8, 4) is 5.88 Å². The summed E-state index contributed by atoms with van der Waals surface area (Å²) in [5.41, 5.74) is 4.70. The van der Waals surface area contributed by atoms with Gasteiger partial charge in [0.2, 0.25) is 5.88 Å². The first kappa shape index (κ1) is 32.8. The number of aromatic nitrogens is 1. The molecule has 0 saturated carbocycles. The Kier molecular flexibility index (Phi) is 12.6. The van der Waals surface area contributed by atoms with Gasteiger partial charge in [-0.15, -0.1) is 0 Å². The van der Waals surface area contributed by atoms with Crippen LogP contribution < -0.4 is 20.7 Å².